The molecule has 0 heterocycles. The molecule has 0 aliphatic heterocycles. The summed E-state index contributed by atoms with van der Waals surface area (Å²) >= 11 is 6.06. The smallest absolute Gasteiger partial charge is 0.276 e. The predicted molar refractivity (Wildman–Crippen MR) is 112 cm³/mol. The number of halogens is 1. The third kappa shape index (κ3) is 5.61. The highest BCUT2D eigenvalue weighted by Crippen LogP contribution is 2.34. The van der Waals surface area contributed by atoms with Crippen LogP contribution in [0.5, 0.6) is 17.2 Å². The first-order chi connectivity index (χ1) is 14.1. The van der Waals surface area contributed by atoms with E-state index in [0.717, 1.165) is 6.42 Å². The normalized spacial score (nSPS) is 11.8. The molecule has 0 fully saturated rings. The maximum absolute atomic E-state index is 11.6. The number of aryl methyl sites for hydroxylation is 1. The number of nitro groups is 1. The van der Waals surface area contributed by atoms with E-state index in [1.807, 2.05) is 6.92 Å². The summed E-state index contributed by atoms with van der Waals surface area (Å²) in [5, 5.41) is 31.8. The second-order valence-electron chi connectivity index (χ2n) is 6.85. The number of hydrogen-bond acceptors (Lipinski definition) is 7. The number of benzene rings is 2. The topological polar surface area (TPSA) is 119 Å². The summed E-state index contributed by atoms with van der Waals surface area (Å²) in [7, 11) is 0. The number of aliphatic hydroxyl groups is 1. The maximum atomic E-state index is 11.6. The van der Waals surface area contributed by atoms with Crippen LogP contribution in [0.25, 0.3) is 0 Å². The lowest BCUT2D eigenvalue weighted by Gasteiger charge is -2.17. The lowest BCUT2D eigenvalue weighted by atomic mass is 10.0. The summed E-state index contributed by atoms with van der Waals surface area (Å²) in [5.41, 5.74) is 0.977. The Hall–Kier alpha value is -2.84. The number of carbonyl (C=O) groups is 1. The van der Waals surface area contributed by atoms with Crippen molar-refractivity contribution in [3.8, 4) is 17.2 Å². The number of nitrogens with zero attached hydrogens (tertiary/aromatic N) is 1. The Morgan fingerprint density at radius 2 is 1.87 bits per heavy atom. The number of ketones is 1. The fourth-order valence-corrected chi connectivity index (χ4v) is 3.17. The van der Waals surface area contributed by atoms with Crippen molar-refractivity contribution in [3.05, 3.63) is 56.1 Å². The summed E-state index contributed by atoms with van der Waals surface area (Å²) in [6.07, 6.45) is 0.157. The standard InChI is InChI=1S/C21H24ClNO7/c1-4-5-16-19(7-6-15(13(3)24)21(16)26)29-10-14(25)11-30-20-9-18(23(27)28)12(2)8-17(20)22/h6-9,14,25-26H,4-5,10-11H2,1-3H3. The molecule has 162 valence electrons. The van der Waals surface area contributed by atoms with Crippen molar-refractivity contribution in [1.82, 2.24) is 0 Å². The molecular weight excluding hydrogens is 414 g/mol. The van der Waals surface area contributed by atoms with Gasteiger partial charge in [0.1, 0.15) is 36.6 Å². The van der Waals surface area contributed by atoms with Gasteiger partial charge in [-0.05, 0) is 38.5 Å². The molecule has 2 rings (SSSR count). The Morgan fingerprint density at radius 1 is 1.23 bits per heavy atom. The van der Waals surface area contributed by atoms with Crippen LogP contribution in [0, 0.1) is 17.0 Å². The number of phenols is 1. The van der Waals surface area contributed by atoms with Crippen molar-refractivity contribution in [3.63, 3.8) is 0 Å². The van der Waals surface area contributed by atoms with Crippen molar-refractivity contribution in [1.29, 1.82) is 0 Å². The van der Waals surface area contributed by atoms with Crippen LogP contribution in [-0.2, 0) is 6.42 Å². The second kappa shape index (κ2) is 10.3. The van der Waals surface area contributed by atoms with E-state index in [1.54, 1.807) is 13.0 Å². The van der Waals surface area contributed by atoms with E-state index in [2.05, 4.69) is 0 Å². The van der Waals surface area contributed by atoms with Gasteiger partial charge in [0.05, 0.1) is 21.6 Å². The zero-order valence-electron chi connectivity index (χ0n) is 17.0. The molecule has 2 aromatic carbocycles. The lowest BCUT2D eigenvalue weighted by Crippen LogP contribution is -2.25. The summed E-state index contributed by atoms with van der Waals surface area (Å²) in [6.45, 7) is 4.50. The van der Waals surface area contributed by atoms with Crippen molar-refractivity contribution in [2.45, 2.75) is 39.7 Å². The van der Waals surface area contributed by atoms with Crippen LogP contribution in [0.2, 0.25) is 5.02 Å². The first-order valence-corrected chi connectivity index (χ1v) is 9.77. The van der Waals surface area contributed by atoms with Crippen molar-refractivity contribution >= 4 is 23.1 Å². The van der Waals surface area contributed by atoms with Gasteiger partial charge < -0.3 is 19.7 Å². The number of phenolic OH excluding ortho intramolecular Hbond substituents is 1. The zero-order chi connectivity index (χ0) is 22.4. The number of nitro benzene ring substituents is 1. The van der Waals surface area contributed by atoms with Gasteiger partial charge in [-0.2, -0.15) is 0 Å². The Labute approximate surface area is 179 Å². The van der Waals surface area contributed by atoms with Crippen LogP contribution in [0.15, 0.2) is 24.3 Å². The van der Waals surface area contributed by atoms with E-state index in [1.165, 1.54) is 25.1 Å². The van der Waals surface area contributed by atoms with Gasteiger partial charge in [-0.25, -0.2) is 0 Å². The molecule has 9 heteroatoms. The van der Waals surface area contributed by atoms with Crippen LogP contribution in [0.1, 0.15) is 41.8 Å². The number of carbonyl (C=O) groups excluding carboxylic acids is 1. The van der Waals surface area contributed by atoms with Gasteiger partial charge in [-0.15, -0.1) is 0 Å². The SMILES string of the molecule is CCCc1c(OCC(O)COc2cc([N+](=O)[O-])c(C)cc2Cl)ccc(C(C)=O)c1O. The van der Waals surface area contributed by atoms with E-state index in [9.17, 15) is 25.1 Å². The highest BCUT2D eigenvalue weighted by Gasteiger charge is 2.19. The first kappa shape index (κ1) is 23.4. The maximum Gasteiger partial charge on any atom is 0.276 e. The molecule has 0 aromatic heterocycles. The number of ether oxygens (including phenoxy) is 2. The molecule has 2 aromatic rings. The largest absolute Gasteiger partial charge is 0.507 e. The van der Waals surface area contributed by atoms with Gasteiger partial charge in [0.25, 0.3) is 5.69 Å². The van der Waals surface area contributed by atoms with E-state index in [0.29, 0.717) is 23.3 Å². The van der Waals surface area contributed by atoms with Gasteiger partial charge in [-0.3, -0.25) is 14.9 Å². The molecule has 0 amide bonds. The van der Waals surface area contributed by atoms with Crippen LogP contribution < -0.4 is 9.47 Å². The number of aromatic hydroxyl groups is 1. The Morgan fingerprint density at radius 3 is 2.43 bits per heavy atom. The molecule has 0 saturated heterocycles. The molecule has 30 heavy (non-hydrogen) atoms. The molecule has 1 unspecified atom stereocenters. The second-order valence-corrected chi connectivity index (χ2v) is 7.25. The van der Waals surface area contributed by atoms with Gasteiger partial charge in [0.15, 0.2) is 5.78 Å². The Balaban J connectivity index is 2.06. The molecular formula is C21H24ClNO7. The fourth-order valence-electron chi connectivity index (χ4n) is 2.90. The zero-order valence-corrected chi connectivity index (χ0v) is 17.7. The number of aliphatic hydroxyl groups excluding tert-OH is 1. The minimum atomic E-state index is -1.06. The molecule has 0 spiro atoms. The molecule has 2 N–H and O–H groups in total. The van der Waals surface area contributed by atoms with E-state index in [-0.39, 0.29) is 46.8 Å². The quantitative estimate of drug-likeness (QED) is 0.324. The fraction of sp³-hybridized carbons (Fsp3) is 0.381. The monoisotopic (exact) mass is 437 g/mol. The summed E-state index contributed by atoms with van der Waals surface area (Å²) in [6, 6.07) is 5.69. The van der Waals surface area contributed by atoms with Gasteiger partial charge in [0.2, 0.25) is 0 Å². The molecule has 0 aliphatic rings. The third-order valence-electron chi connectivity index (χ3n) is 4.43. The highest BCUT2D eigenvalue weighted by atomic mass is 35.5. The number of Topliss-reactive ketones (excluding diaryl/α,β-unsaturated/α-hetero) is 1. The molecule has 0 aliphatic carbocycles. The third-order valence-corrected chi connectivity index (χ3v) is 4.72. The summed E-state index contributed by atoms with van der Waals surface area (Å²) < 4.78 is 11.0. The van der Waals surface area contributed by atoms with Gasteiger partial charge in [0, 0.05) is 11.1 Å². The lowest BCUT2D eigenvalue weighted by molar-refractivity contribution is -0.385. The average Bonchev–Trinajstić information content (AvgIpc) is 2.67. The summed E-state index contributed by atoms with van der Waals surface area (Å²) in [5.74, 6) is 0.0748. The highest BCUT2D eigenvalue weighted by molar-refractivity contribution is 6.32. The molecule has 0 radical (unpaired) electrons. The minimum absolute atomic E-state index is 0.0862. The molecule has 1 atom stereocenters. The van der Waals surface area contributed by atoms with Crippen molar-refractivity contribution in [2.24, 2.45) is 0 Å². The first-order valence-electron chi connectivity index (χ1n) is 9.39. The van der Waals surface area contributed by atoms with E-state index >= 15 is 0 Å². The van der Waals surface area contributed by atoms with Crippen LogP contribution in [0.4, 0.5) is 5.69 Å². The number of hydrogen-bond donors (Lipinski definition) is 2. The molecule has 8 nitrogen and oxygen atoms in total. The Bertz CT molecular complexity index is 945. The average molecular weight is 438 g/mol. The van der Waals surface area contributed by atoms with Crippen LogP contribution >= 0.6 is 11.6 Å². The Kier molecular flexibility index (Phi) is 8.02. The minimum Gasteiger partial charge on any atom is -0.507 e. The van der Waals surface area contributed by atoms with Crippen LogP contribution in [0.3, 0.4) is 0 Å². The van der Waals surface area contributed by atoms with Gasteiger partial charge >= 0.3 is 0 Å². The van der Waals surface area contributed by atoms with Gasteiger partial charge in [-0.1, -0.05) is 24.9 Å². The van der Waals surface area contributed by atoms with E-state index < -0.39 is 11.0 Å². The molecule has 0 bridgehead atoms. The molecule has 0 saturated carbocycles. The van der Waals surface area contributed by atoms with Crippen molar-refractivity contribution < 1.29 is 29.4 Å². The number of rotatable bonds is 10. The van der Waals surface area contributed by atoms with Crippen LogP contribution in [-0.4, -0.2) is 40.2 Å². The van der Waals surface area contributed by atoms with Crippen molar-refractivity contribution in [2.75, 3.05) is 13.2 Å². The summed E-state index contributed by atoms with van der Waals surface area (Å²) in [4.78, 5) is 22.1. The van der Waals surface area contributed by atoms with E-state index in [4.69, 9.17) is 21.1 Å². The predicted octanol–water partition coefficient (Wildman–Crippen LogP) is 4.24.